The zero-order valence-corrected chi connectivity index (χ0v) is 7.85. The van der Waals surface area contributed by atoms with Gasteiger partial charge in [0.2, 0.25) is 0 Å². The second-order valence-electron chi connectivity index (χ2n) is 3.19. The average molecular weight is 184 g/mol. The number of hydrogen-bond acceptors (Lipinski definition) is 2. The molecule has 0 aliphatic heterocycles. The number of nitrogens with zero attached hydrogens (tertiary/aromatic N) is 1. The van der Waals surface area contributed by atoms with Crippen LogP contribution in [-0.2, 0) is 0 Å². The van der Waals surface area contributed by atoms with Crippen LogP contribution in [0.2, 0.25) is 0 Å². The van der Waals surface area contributed by atoms with Gasteiger partial charge in [0.25, 0.3) is 0 Å². The van der Waals surface area contributed by atoms with E-state index in [0.717, 1.165) is 16.6 Å². The van der Waals surface area contributed by atoms with Crippen molar-refractivity contribution in [1.29, 1.82) is 0 Å². The third-order valence-electron chi connectivity index (χ3n) is 2.22. The lowest BCUT2D eigenvalue weighted by atomic mass is 10.1. The second kappa shape index (κ2) is 3.60. The maximum Gasteiger partial charge on any atom is 0.0706 e. The van der Waals surface area contributed by atoms with Crippen molar-refractivity contribution in [2.45, 2.75) is 6.04 Å². The van der Waals surface area contributed by atoms with Crippen molar-refractivity contribution in [3.63, 3.8) is 0 Å². The minimum atomic E-state index is -0.181. The van der Waals surface area contributed by atoms with Crippen molar-refractivity contribution >= 4 is 10.9 Å². The van der Waals surface area contributed by atoms with Gasteiger partial charge in [0.1, 0.15) is 0 Å². The summed E-state index contributed by atoms with van der Waals surface area (Å²) in [5.41, 5.74) is 7.64. The molecule has 0 saturated carbocycles. The van der Waals surface area contributed by atoms with Gasteiger partial charge in [0.05, 0.1) is 17.3 Å². The number of rotatable bonds is 2. The lowest BCUT2D eigenvalue weighted by molar-refractivity contribution is 0.873. The van der Waals surface area contributed by atoms with E-state index < -0.39 is 0 Å². The van der Waals surface area contributed by atoms with Gasteiger partial charge in [-0.15, -0.1) is 6.58 Å². The van der Waals surface area contributed by atoms with E-state index in [1.165, 1.54) is 0 Å². The largest absolute Gasteiger partial charge is 0.319 e. The van der Waals surface area contributed by atoms with E-state index in [-0.39, 0.29) is 6.04 Å². The smallest absolute Gasteiger partial charge is 0.0706 e. The highest BCUT2D eigenvalue weighted by Crippen LogP contribution is 2.15. The maximum absolute atomic E-state index is 5.80. The van der Waals surface area contributed by atoms with E-state index >= 15 is 0 Å². The Labute approximate surface area is 83.1 Å². The van der Waals surface area contributed by atoms with Crippen molar-refractivity contribution in [1.82, 2.24) is 4.98 Å². The molecule has 2 rings (SSSR count). The van der Waals surface area contributed by atoms with E-state index in [4.69, 9.17) is 5.73 Å². The predicted octanol–water partition coefficient (Wildman–Crippen LogP) is 2.42. The number of hydrogen-bond donors (Lipinski definition) is 1. The highest BCUT2D eigenvalue weighted by atomic mass is 14.8. The van der Waals surface area contributed by atoms with E-state index in [0.29, 0.717) is 0 Å². The second-order valence-corrected chi connectivity index (χ2v) is 3.19. The van der Waals surface area contributed by atoms with Crippen LogP contribution in [0.3, 0.4) is 0 Å². The zero-order chi connectivity index (χ0) is 9.97. The number of fused-ring (bicyclic) bond motifs is 1. The molecule has 0 aliphatic carbocycles. The van der Waals surface area contributed by atoms with Crippen LogP contribution >= 0.6 is 0 Å². The number of pyridine rings is 1. The van der Waals surface area contributed by atoms with Crippen molar-refractivity contribution in [3.8, 4) is 0 Å². The minimum absolute atomic E-state index is 0.181. The maximum atomic E-state index is 5.80. The molecule has 0 spiro atoms. The van der Waals surface area contributed by atoms with Crippen LogP contribution in [-0.4, -0.2) is 4.98 Å². The van der Waals surface area contributed by atoms with Crippen LogP contribution in [0.25, 0.3) is 10.9 Å². The normalized spacial score (nSPS) is 12.6. The Morgan fingerprint density at radius 1 is 1.21 bits per heavy atom. The first-order chi connectivity index (χ1) is 6.81. The Bertz CT molecular complexity index is 463. The lowest BCUT2D eigenvalue weighted by Crippen LogP contribution is -2.08. The van der Waals surface area contributed by atoms with Crippen LogP contribution in [0.15, 0.2) is 49.1 Å². The van der Waals surface area contributed by atoms with Crippen molar-refractivity contribution in [3.05, 3.63) is 54.7 Å². The Morgan fingerprint density at radius 2 is 2.00 bits per heavy atom. The van der Waals surface area contributed by atoms with E-state index in [1.807, 2.05) is 36.4 Å². The van der Waals surface area contributed by atoms with Gasteiger partial charge in [0.15, 0.2) is 0 Å². The molecule has 2 nitrogen and oxygen atoms in total. The summed E-state index contributed by atoms with van der Waals surface area (Å²) in [4.78, 5) is 4.45. The SMILES string of the molecule is C=C[C@H](N)c1ccc2ccccc2n1. The molecule has 0 unspecified atom stereocenters. The number of nitrogens with two attached hydrogens (primary N) is 1. The molecule has 1 heterocycles. The summed E-state index contributed by atoms with van der Waals surface area (Å²) >= 11 is 0. The van der Waals surface area contributed by atoms with Gasteiger partial charge in [-0.25, -0.2) is 0 Å². The van der Waals surface area contributed by atoms with E-state index in [2.05, 4.69) is 11.6 Å². The van der Waals surface area contributed by atoms with Crippen molar-refractivity contribution in [2.24, 2.45) is 5.73 Å². The fraction of sp³-hybridized carbons (Fsp3) is 0.0833. The highest BCUT2D eigenvalue weighted by Gasteiger charge is 2.02. The first-order valence-electron chi connectivity index (χ1n) is 4.55. The third kappa shape index (κ3) is 1.52. The van der Waals surface area contributed by atoms with Crippen LogP contribution in [0.5, 0.6) is 0 Å². The summed E-state index contributed by atoms with van der Waals surface area (Å²) in [6, 6.07) is 11.8. The standard InChI is InChI=1S/C12H12N2/c1-2-10(13)12-8-7-9-5-3-4-6-11(9)14-12/h2-8,10H,1,13H2/t10-/m0/s1. The van der Waals surface area contributed by atoms with Gasteiger partial charge in [-0.3, -0.25) is 4.98 Å². The summed E-state index contributed by atoms with van der Waals surface area (Å²) in [6.45, 7) is 3.65. The van der Waals surface area contributed by atoms with Gasteiger partial charge in [-0.1, -0.05) is 30.3 Å². The van der Waals surface area contributed by atoms with Crippen LogP contribution in [0.4, 0.5) is 0 Å². The van der Waals surface area contributed by atoms with Gasteiger partial charge >= 0.3 is 0 Å². The Morgan fingerprint density at radius 3 is 2.79 bits per heavy atom. The fourth-order valence-electron chi connectivity index (χ4n) is 1.39. The summed E-state index contributed by atoms with van der Waals surface area (Å²) in [7, 11) is 0. The molecule has 2 aromatic rings. The monoisotopic (exact) mass is 184 g/mol. The van der Waals surface area contributed by atoms with E-state index in [9.17, 15) is 0 Å². The minimum Gasteiger partial charge on any atom is -0.319 e. The molecule has 1 aromatic carbocycles. The Balaban J connectivity index is 2.56. The van der Waals surface area contributed by atoms with Crippen LogP contribution in [0.1, 0.15) is 11.7 Å². The summed E-state index contributed by atoms with van der Waals surface area (Å²) in [5.74, 6) is 0. The van der Waals surface area contributed by atoms with Gasteiger partial charge in [-0.05, 0) is 12.1 Å². The average Bonchev–Trinajstić information content (AvgIpc) is 2.27. The quantitative estimate of drug-likeness (QED) is 0.728. The Kier molecular flexibility index (Phi) is 2.29. The third-order valence-corrected chi connectivity index (χ3v) is 2.22. The molecule has 14 heavy (non-hydrogen) atoms. The Hall–Kier alpha value is -1.67. The molecule has 0 radical (unpaired) electrons. The molecule has 70 valence electrons. The molecule has 2 heteroatoms. The molecule has 2 N–H and O–H groups in total. The topological polar surface area (TPSA) is 38.9 Å². The number of benzene rings is 1. The lowest BCUT2D eigenvalue weighted by Gasteiger charge is -2.06. The molecular formula is C12H12N2. The first kappa shape index (κ1) is 8.91. The van der Waals surface area contributed by atoms with E-state index in [1.54, 1.807) is 6.08 Å². The van der Waals surface area contributed by atoms with Gasteiger partial charge in [0, 0.05) is 5.39 Å². The fourth-order valence-corrected chi connectivity index (χ4v) is 1.39. The molecule has 1 aromatic heterocycles. The molecule has 0 bridgehead atoms. The zero-order valence-electron chi connectivity index (χ0n) is 7.85. The first-order valence-corrected chi connectivity index (χ1v) is 4.55. The van der Waals surface area contributed by atoms with Gasteiger partial charge in [-0.2, -0.15) is 0 Å². The molecule has 0 aliphatic rings. The number of para-hydroxylation sites is 1. The highest BCUT2D eigenvalue weighted by molar-refractivity contribution is 5.78. The summed E-state index contributed by atoms with van der Waals surface area (Å²) < 4.78 is 0. The molecular weight excluding hydrogens is 172 g/mol. The van der Waals surface area contributed by atoms with Crippen molar-refractivity contribution in [2.75, 3.05) is 0 Å². The number of aromatic nitrogens is 1. The molecule has 0 amide bonds. The van der Waals surface area contributed by atoms with Gasteiger partial charge < -0.3 is 5.73 Å². The van der Waals surface area contributed by atoms with Crippen LogP contribution in [0, 0.1) is 0 Å². The molecule has 1 atom stereocenters. The molecule has 0 saturated heterocycles. The van der Waals surface area contributed by atoms with Crippen molar-refractivity contribution < 1.29 is 0 Å². The predicted molar refractivity (Wildman–Crippen MR) is 58.9 cm³/mol. The summed E-state index contributed by atoms with van der Waals surface area (Å²) in [6.07, 6.45) is 1.69. The molecule has 0 fully saturated rings. The van der Waals surface area contributed by atoms with Crippen LogP contribution < -0.4 is 5.73 Å². The summed E-state index contributed by atoms with van der Waals surface area (Å²) in [5, 5.41) is 1.13.